The molecule has 0 saturated heterocycles. The summed E-state index contributed by atoms with van der Waals surface area (Å²) in [5.74, 6) is 0.573. The molecule has 0 spiro atoms. The molecule has 0 aromatic heterocycles. The minimum atomic E-state index is 0.573. The van der Waals surface area contributed by atoms with E-state index in [4.69, 9.17) is 0 Å². The maximum absolute atomic E-state index is 3.79. The quantitative estimate of drug-likeness (QED) is 0.548. The summed E-state index contributed by atoms with van der Waals surface area (Å²) in [5.41, 5.74) is 2.72. The van der Waals surface area contributed by atoms with Crippen LogP contribution >= 0.6 is 0 Å². The van der Waals surface area contributed by atoms with Gasteiger partial charge < -0.3 is 0 Å². The van der Waals surface area contributed by atoms with E-state index < -0.39 is 0 Å². The summed E-state index contributed by atoms with van der Waals surface area (Å²) < 4.78 is 0. The van der Waals surface area contributed by atoms with E-state index in [0.29, 0.717) is 5.92 Å². The molecule has 0 atom stereocenters. The molecule has 0 aliphatic carbocycles. The molecule has 0 fully saturated rings. The molecule has 0 saturated carbocycles. The fraction of sp³-hybridized carbons (Fsp3) is 0.500. The molecule has 0 aromatic rings. The third-order valence-electron chi connectivity index (χ3n) is 2.02. The number of hydrogen-bond donors (Lipinski definition) is 0. The average molecular weight is 164 g/mol. The van der Waals surface area contributed by atoms with Crippen LogP contribution in [0.5, 0.6) is 0 Å². The monoisotopic (exact) mass is 164 g/mol. The molecule has 0 aliphatic heterocycles. The lowest BCUT2D eigenvalue weighted by Gasteiger charge is -2.03. The first-order valence-corrected chi connectivity index (χ1v) is 4.61. The van der Waals surface area contributed by atoms with Crippen molar-refractivity contribution in [1.29, 1.82) is 0 Å². The zero-order chi connectivity index (χ0) is 9.56. The van der Waals surface area contributed by atoms with Crippen LogP contribution in [-0.4, -0.2) is 0 Å². The molecule has 0 radical (unpaired) electrons. The first-order chi connectivity index (χ1) is 5.61. The van der Waals surface area contributed by atoms with Crippen LogP contribution in [0.25, 0.3) is 0 Å². The Balaban J connectivity index is 4.40. The largest absolute Gasteiger partial charge is 0.0988 e. The van der Waals surface area contributed by atoms with Crippen LogP contribution in [0.1, 0.15) is 34.1 Å². The highest BCUT2D eigenvalue weighted by molar-refractivity contribution is 5.25. The lowest BCUT2D eigenvalue weighted by molar-refractivity contribution is 0.792. The average Bonchev–Trinajstić information content (AvgIpc) is 2.04. The molecule has 0 heteroatoms. The van der Waals surface area contributed by atoms with E-state index >= 15 is 0 Å². The van der Waals surface area contributed by atoms with Crippen LogP contribution in [0.3, 0.4) is 0 Å². The fourth-order valence-electron chi connectivity index (χ4n) is 0.853. The van der Waals surface area contributed by atoms with Gasteiger partial charge in [-0.3, -0.25) is 0 Å². The van der Waals surface area contributed by atoms with Crippen molar-refractivity contribution in [3.8, 4) is 0 Å². The zero-order valence-electron chi connectivity index (χ0n) is 8.72. The van der Waals surface area contributed by atoms with Crippen LogP contribution in [0.2, 0.25) is 0 Å². The minimum Gasteiger partial charge on any atom is -0.0988 e. The van der Waals surface area contributed by atoms with Gasteiger partial charge in [0.05, 0.1) is 0 Å². The lowest BCUT2D eigenvalue weighted by atomic mass is 10.0. The molecule has 0 heterocycles. The molecular formula is C12H20. The van der Waals surface area contributed by atoms with E-state index in [1.165, 1.54) is 11.1 Å². The Morgan fingerprint density at radius 3 is 2.25 bits per heavy atom. The van der Waals surface area contributed by atoms with Crippen molar-refractivity contribution in [3.63, 3.8) is 0 Å². The van der Waals surface area contributed by atoms with Crippen LogP contribution in [-0.2, 0) is 0 Å². The van der Waals surface area contributed by atoms with Crippen molar-refractivity contribution >= 4 is 0 Å². The molecule has 0 nitrogen and oxygen atoms in total. The molecule has 0 aromatic carbocycles. The van der Waals surface area contributed by atoms with Gasteiger partial charge in [0.25, 0.3) is 0 Å². The molecular weight excluding hydrogens is 144 g/mol. The molecule has 0 rings (SSSR count). The Labute approximate surface area is 76.7 Å². The van der Waals surface area contributed by atoms with Gasteiger partial charge in [-0.1, -0.05) is 51.2 Å². The van der Waals surface area contributed by atoms with Gasteiger partial charge in [0.1, 0.15) is 0 Å². The van der Waals surface area contributed by atoms with Gasteiger partial charge in [0.2, 0.25) is 0 Å². The van der Waals surface area contributed by atoms with Crippen molar-refractivity contribution in [3.05, 3.63) is 36.0 Å². The van der Waals surface area contributed by atoms with Gasteiger partial charge in [-0.05, 0) is 24.8 Å². The van der Waals surface area contributed by atoms with E-state index in [1.54, 1.807) is 0 Å². The Hall–Kier alpha value is -0.780. The van der Waals surface area contributed by atoms with E-state index in [2.05, 4.69) is 46.4 Å². The summed E-state index contributed by atoms with van der Waals surface area (Å²) in [5, 5.41) is 0. The first kappa shape index (κ1) is 11.2. The Morgan fingerprint density at radius 2 is 1.92 bits per heavy atom. The van der Waals surface area contributed by atoms with Crippen molar-refractivity contribution in [2.45, 2.75) is 34.1 Å². The summed E-state index contributed by atoms with van der Waals surface area (Å²) in [7, 11) is 0. The molecule has 12 heavy (non-hydrogen) atoms. The zero-order valence-corrected chi connectivity index (χ0v) is 8.72. The van der Waals surface area contributed by atoms with Crippen LogP contribution < -0.4 is 0 Å². The van der Waals surface area contributed by atoms with Crippen molar-refractivity contribution < 1.29 is 0 Å². The third-order valence-corrected chi connectivity index (χ3v) is 2.02. The van der Waals surface area contributed by atoms with Gasteiger partial charge in [0.15, 0.2) is 0 Å². The molecule has 0 amide bonds. The standard InChI is InChI=1S/C12H20/c1-6-11(5)8-9-12(7-2)10(3)4/h7-10H,2,6H2,1,3-5H3/b11-8-,12-9+. The highest BCUT2D eigenvalue weighted by Crippen LogP contribution is 2.11. The Morgan fingerprint density at radius 1 is 1.33 bits per heavy atom. The summed E-state index contributed by atoms with van der Waals surface area (Å²) in [6.45, 7) is 12.5. The summed E-state index contributed by atoms with van der Waals surface area (Å²) in [4.78, 5) is 0. The van der Waals surface area contributed by atoms with E-state index in [-0.39, 0.29) is 0 Å². The number of allylic oxidation sites excluding steroid dienone is 5. The maximum Gasteiger partial charge on any atom is -0.0219 e. The second-order valence-electron chi connectivity index (χ2n) is 3.39. The molecule has 0 N–H and O–H groups in total. The minimum absolute atomic E-state index is 0.573. The van der Waals surface area contributed by atoms with E-state index in [9.17, 15) is 0 Å². The number of rotatable bonds is 4. The van der Waals surface area contributed by atoms with Gasteiger partial charge >= 0.3 is 0 Å². The SMILES string of the molecule is C=C/C(=C\C=C(\C)CC)C(C)C. The molecule has 0 bridgehead atoms. The smallest absolute Gasteiger partial charge is 0.0219 e. The second-order valence-corrected chi connectivity index (χ2v) is 3.39. The Bertz CT molecular complexity index is 192. The van der Waals surface area contributed by atoms with Crippen molar-refractivity contribution in [2.24, 2.45) is 5.92 Å². The fourth-order valence-corrected chi connectivity index (χ4v) is 0.853. The van der Waals surface area contributed by atoms with E-state index in [1.807, 2.05) is 6.08 Å². The molecule has 68 valence electrons. The van der Waals surface area contributed by atoms with Gasteiger partial charge in [0, 0.05) is 0 Å². The lowest BCUT2D eigenvalue weighted by Crippen LogP contribution is -1.88. The van der Waals surface area contributed by atoms with Gasteiger partial charge in [-0.2, -0.15) is 0 Å². The predicted octanol–water partition coefficient (Wildman–Crippen LogP) is 4.11. The molecule has 0 unspecified atom stereocenters. The van der Waals surface area contributed by atoms with Gasteiger partial charge in [-0.25, -0.2) is 0 Å². The first-order valence-electron chi connectivity index (χ1n) is 4.61. The summed E-state index contributed by atoms with van der Waals surface area (Å²) in [6.07, 6.45) is 7.40. The summed E-state index contributed by atoms with van der Waals surface area (Å²) in [6, 6.07) is 0. The summed E-state index contributed by atoms with van der Waals surface area (Å²) >= 11 is 0. The highest BCUT2D eigenvalue weighted by Gasteiger charge is 1.95. The maximum atomic E-state index is 3.79. The second kappa shape index (κ2) is 5.82. The third kappa shape index (κ3) is 4.17. The van der Waals surface area contributed by atoms with Crippen LogP contribution in [0.15, 0.2) is 36.0 Å². The van der Waals surface area contributed by atoms with Gasteiger partial charge in [-0.15, -0.1) is 0 Å². The molecule has 0 aliphatic rings. The predicted molar refractivity (Wildman–Crippen MR) is 57.2 cm³/mol. The van der Waals surface area contributed by atoms with Crippen molar-refractivity contribution in [1.82, 2.24) is 0 Å². The normalized spacial score (nSPS) is 13.8. The Kier molecular flexibility index (Phi) is 5.44. The van der Waals surface area contributed by atoms with Crippen LogP contribution in [0, 0.1) is 5.92 Å². The topological polar surface area (TPSA) is 0 Å². The van der Waals surface area contributed by atoms with E-state index in [0.717, 1.165) is 6.42 Å². The van der Waals surface area contributed by atoms with Crippen LogP contribution in [0.4, 0.5) is 0 Å². The number of hydrogen-bond acceptors (Lipinski definition) is 0. The highest BCUT2D eigenvalue weighted by atomic mass is 14.0. The van der Waals surface area contributed by atoms with Crippen molar-refractivity contribution in [2.75, 3.05) is 0 Å².